The molecule has 1 aliphatic carbocycles. The maximum absolute atomic E-state index is 13.4. The van der Waals surface area contributed by atoms with Crippen molar-refractivity contribution < 1.29 is 18.0 Å². The van der Waals surface area contributed by atoms with Crippen molar-refractivity contribution in [1.29, 1.82) is 0 Å². The van der Waals surface area contributed by atoms with Gasteiger partial charge in [0.25, 0.3) is 5.56 Å². The van der Waals surface area contributed by atoms with E-state index in [0.29, 0.717) is 34.6 Å². The fourth-order valence-electron chi connectivity index (χ4n) is 4.80. The van der Waals surface area contributed by atoms with Crippen LogP contribution in [0.4, 0.5) is 13.2 Å². The minimum Gasteiger partial charge on any atom is -0.299 e. The van der Waals surface area contributed by atoms with Gasteiger partial charge in [-0.2, -0.15) is 13.2 Å². The third-order valence-corrected chi connectivity index (χ3v) is 6.46. The van der Waals surface area contributed by atoms with Gasteiger partial charge in [-0.25, -0.2) is 0 Å². The first-order valence-electron chi connectivity index (χ1n) is 11.0. The van der Waals surface area contributed by atoms with E-state index in [1.807, 2.05) is 36.4 Å². The minimum atomic E-state index is -4.53. The molecule has 0 unspecified atom stereocenters. The van der Waals surface area contributed by atoms with Crippen molar-refractivity contribution in [3.63, 3.8) is 0 Å². The highest BCUT2D eigenvalue weighted by Gasteiger charge is 2.30. The first-order chi connectivity index (χ1) is 16.8. The van der Waals surface area contributed by atoms with Gasteiger partial charge < -0.3 is 0 Å². The van der Waals surface area contributed by atoms with Crippen LogP contribution < -0.4 is 5.56 Å². The van der Waals surface area contributed by atoms with Crippen LogP contribution in [-0.4, -0.2) is 15.3 Å². The lowest BCUT2D eigenvalue weighted by molar-refractivity contribution is -0.137. The number of ketones is 1. The first kappa shape index (κ1) is 21.3. The van der Waals surface area contributed by atoms with Crippen molar-refractivity contribution >= 4 is 27.6 Å². The molecule has 0 spiro atoms. The quantitative estimate of drug-likeness (QED) is 0.302. The number of aromatic nitrogens is 2. The van der Waals surface area contributed by atoms with Crippen molar-refractivity contribution in [2.24, 2.45) is 0 Å². The van der Waals surface area contributed by atoms with Gasteiger partial charge in [-0.1, -0.05) is 30.3 Å². The van der Waals surface area contributed by atoms with Gasteiger partial charge in [0.15, 0.2) is 0 Å². The summed E-state index contributed by atoms with van der Waals surface area (Å²) in [6.07, 6.45) is -2.06. The summed E-state index contributed by atoms with van der Waals surface area (Å²) < 4.78 is 41.5. The Balaban J connectivity index is 1.61. The molecule has 0 N–H and O–H groups in total. The molecule has 2 heterocycles. The molecule has 3 aromatic carbocycles. The zero-order chi connectivity index (χ0) is 24.3. The molecule has 7 heteroatoms. The lowest BCUT2D eigenvalue weighted by atomic mass is 9.98. The van der Waals surface area contributed by atoms with E-state index in [1.54, 1.807) is 12.3 Å². The van der Waals surface area contributed by atoms with Gasteiger partial charge in [0.1, 0.15) is 5.78 Å². The summed E-state index contributed by atoms with van der Waals surface area (Å²) >= 11 is 0. The van der Waals surface area contributed by atoms with Crippen LogP contribution in [0.15, 0.2) is 83.8 Å². The average molecular weight is 470 g/mol. The molecule has 6 rings (SSSR count). The summed E-state index contributed by atoms with van der Waals surface area (Å²) in [5.41, 5.74) is 3.78. The summed E-state index contributed by atoms with van der Waals surface area (Å²) in [6, 6.07) is 19.3. The molecule has 0 fully saturated rings. The van der Waals surface area contributed by atoms with E-state index in [2.05, 4.69) is 4.98 Å². The Bertz CT molecular complexity index is 1740. The molecule has 0 aliphatic heterocycles. The summed E-state index contributed by atoms with van der Waals surface area (Å²) in [7, 11) is 0. The van der Waals surface area contributed by atoms with E-state index in [9.17, 15) is 22.8 Å². The second-order valence-electron chi connectivity index (χ2n) is 8.72. The Labute approximate surface area is 197 Å². The van der Waals surface area contributed by atoms with Crippen LogP contribution in [0.3, 0.4) is 0 Å². The largest absolute Gasteiger partial charge is 0.416 e. The minimum absolute atomic E-state index is 0.129. The first-order valence-corrected chi connectivity index (χ1v) is 11.0. The maximum Gasteiger partial charge on any atom is 0.416 e. The van der Waals surface area contributed by atoms with E-state index >= 15 is 0 Å². The standard InChI is InChI=1S/C28H17F3N2O2/c29-28(30,31)21-2-1-3-22(14-21)33-26(35)9-7-19-15-32-25-8-6-18(13-24(25)27(19)33)16-4-5-17-11-23(34)12-20(17)10-16/h1-10,13-15H,11-12H2. The molecule has 1 aliphatic rings. The van der Waals surface area contributed by atoms with E-state index in [0.717, 1.165) is 34.4 Å². The van der Waals surface area contributed by atoms with Gasteiger partial charge in [0.05, 0.1) is 16.6 Å². The van der Waals surface area contributed by atoms with E-state index in [4.69, 9.17) is 0 Å². The number of benzene rings is 3. The molecule has 2 aromatic heterocycles. The SMILES string of the molecule is O=C1Cc2ccc(-c3ccc4ncc5ccc(=O)n(-c6cccc(C(F)(F)F)c6)c5c4c3)cc2C1. The van der Waals surface area contributed by atoms with Gasteiger partial charge in [-0.15, -0.1) is 0 Å². The number of carbonyl (C=O) groups is 1. The topological polar surface area (TPSA) is 52.0 Å². The Morgan fingerprint density at radius 2 is 1.57 bits per heavy atom. The predicted octanol–water partition coefficient (Wildman–Crippen LogP) is 5.89. The molecule has 0 bridgehead atoms. The van der Waals surface area contributed by atoms with E-state index < -0.39 is 17.3 Å². The zero-order valence-electron chi connectivity index (χ0n) is 18.3. The molecule has 5 aromatic rings. The van der Waals surface area contributed by atoms with Crippen molar-refractivity contribution in [3.8, 4) is 16.8 Å². The number of pyridine rings is 2. The highest BCUT2D eigenvalue weighted by atomic mass is 19.4. The monoisotopic (exact) mass is 470 g/mol. The van der Waals surface area contributed by atoms with Crippen LogP contribution in [0, 0.1) is 0 Å². The average Bonchev–Trinajstić information content (AvgIpc) is 3.22. The summed E-state index contributed by atoms with van der Waals surface area (Å²) in [5, 5.41) is 1.28. The maximum atomic E-state index is 13.4. The summed E-state index contributed by atoms with van der Waals surface area (Å²) in [5.74, 6) is 0.191. The molecule has 0 radical (unpaired) electrons. The number of hydrogen-bond acceptors (Lipinski definition) is 3. The molecule has 35 heavy (non-hydrogen) atoms. The second-order valence-corrected chi connectivity index (χ2v) is 8.72. The lowest BCUT2D eigenvalue weighted by Gasteiger charge is -2.15. The zero-order valence-corrected chi connectivity index (χ0v) is 18.3. The predicted molar refractivity (Wildman–Crippen MR) is 128 cm³/mol. The highest BCUT2D eigenvalue weighted by molar-refractivity contribution is 6.05. The number of fused-ring (bicyclic) bond motifs is 4. The van der Waals surface area contributed by atoms with Crippen molar-refractivity contribution in [2.75, 3.05) is 0 Å². The van der Waals surface area contributed by atoms with Crippen LogP contribution in [0.5, 0.6) is 0 Å². The van der Waals surface area contributed by atoms with Crippen LogP contribution in [0.1, 0.15) is 16.7 Å². The van der Waals surface area contributed by atoms with Crippen LogP contribution in [-0.2, 0) is 23.8 Å². The Morgan fingerprint density at radius 3 is 2.40 bits per heavy atom. The fourth-order valence-corrected chi connectivity index (χ4v) is 4.80. The van der Waals surface area contributed by atoms with Crippen molar-refractivity contribution in [3.05, 3.63) is 106 Å². The number of rotatable bonds is 2. The normalized spacial score (nSPS) is 13.5. The number of carbonyl (C=O) groups excluding carboxylic acids is 1. The molecule has 0 saturated carbocycles. The smallest absolute Gasteiger partial charge is 0.299 e. The Hall–Kier alpha value is -4.26. The Morgan fingerprint density at radius 1 is 0.800 bits per heavy atom. The highest BCUT2D eigenvalue weighted by Crippen LogP contribution is 2.33. The van der Waals surface area contributed by atoms with Crippen LogP contribution in [0.2, 0.25) is 0 Å². The third-order valence-electron chi connectivity index (χ3n) is 6.46. The summed E-state index contributed by atoms with van der Waals surface area (Å²) in [4.78, 5) is 29.3. The van der Waals surface area contributed by atoms with Crippen LogP contribution in [0.25, 0.3) is 38.6 Å². The van der Waals surface area contributed by atoms with Gasteiger partial charge >= 0.3 is 6.18 Å². The molecule has 0 atom stereocenters. The molecular formula is C28H17F3N2O2. The van der Waals surface area contributed by atoms with Gasteiger partial charge in [0, 0.05) is 41.6 Å². The second kappa shape index (κ2) is 7.63. The fraction of sp³-hybridized carbons (Fsp3) is 0.107. The van der Waals surface area contributed by atoms with Crippen molar-refractivity contribution in [2.45, 2.75) is 19.0 Å². The summed E-state index contributed by atoms with van der Waals surface area (Å²) in [6.45, 7) is 0. The molecular weight excluding hydrogens is 453 g/mol. The van der Waals surface area contributed by atoms with Crippen molar-refractivity contribution in [1.82, 2.24) is 9.55 Å². The van der Waals surface area contributed by atoms with E-state index in [1.165, 1.54) is 22.8 Å². The number of alkyl halides is 3. The van der Waals surface area contributed by atoms with Gasteiger partial charge in [0.2, 0.25) is 0 Å². The molecule has 0 amide bonds. The number of nitrogens with zero attached hydrogens (tertiary/aromatic N) is 2. The molecule has 172 valence electrons. The molecule has 4 nitrogen and oxygen atoms in total. The molecule has 0 saturated heterocycles. The lowest BCUT2D eigenvalue weighted by Crippen LogP contribution is -2.18. The van der Waals surface area contributed by atoms with E-state index in [-0.39, 0.29) is 11.5 Å². The number of hydrogen-bond donors (Lipinski definition) is 0. The third kappa shape index (κ3) is 3.60. The van der Waals surface area contributed by atoms with Gasteiger partial charge in [-0.3, -0.25) is 19.1 Å². The van der Waals surface area contributed by atoms with Gasteiger partial charge in [-0.05, 0) is 58.7 Å². The number of Topliss-reactive ketones (excluding diaryl/α,β-unsaturated/α-hetero) is 1. The Kier molecular flexibility index (Phi) is 4.64. The number of halogens is 3. The van der Waals surface area contributed by atoms with Crippen LogP contribution >= 0.6 is 0 Å².